The smallest absolute Gasteiger partial charge is 0.205 e. The molecule has 0 aliphatic heterocycles. The van der Waals surface area contributed by atoms with Gasteiger partial charge in [0.25, 0.3) is 5.92 Å². The SMILES string of the molecule is Fc1c(I)cccc1C(F)(F)C1CC1. The highest BCUT2D eigenvalue weighted by Gasteiger charge is 2.49. The van der Waals surface area contributed by atoms with Crippen LogP contribution in [-0.4, -0.2) is 0 Å². The molecule has 0 heterocycles. The summed E-state index contributed by atoms with van der Waals surface area (Å²) < 4.78 is 40.7. The van der Waals surface area contributed by atoms with E-state index >= 15 is 0 Å². The Bertz CT molecular complexity index is 358. The largest absolute Gasteiger partial charge is 0.278 e. The Labute approximate surface area is 93.6 Å². The van der Waals surface area contributed by atoms with Gasteiger partial charge in [0, 0.05) is 9.49 Å². The molecule has 1 aliphatic rings. The summed E-state index contributed by atoms with van der Waals surface area (Å²) in [7, 11) is 0. The molecule has 14 heavy (non-hydrogen) atoms. The molecular weight excluding hydrogens is 304 g/mol. The van der Waals surface area contributed by atoms with Crippen LogP contribution >= 0.6 is 22.6 Å². The summed E-state index contributed by atoms with van der Waals surface area (Å²) in [4.78, 5) is 0. The zero-order chi connectivity index (χ0) is 10.3. The van der Waals surface area contributed by atoms with Gasteiger partial charge in [-0.25, -0.2) is 13.2 Å². The van der Waals surface area contributed by atoms with Crippen LogP contribution in [0.15, 0.2) is 18.2 Å². The van der Waals surface area contributed by atoms with Gasteiger partial charge >= 0.3 is 0 Å². The predicted molar refractivity (Wildman–Crippen MR) is 55.7 cm³/mol. The van der Waals surface area contributed by atoms with Crippen LogP contribution in [0.1, 0.15) is 18.4 Å². The molecule has 1 aliphatic carbocycles. The van der Waals surface area contributed by atoms with Crippen molar-refractivity contribution in [3.05, 3.63) is 33.1 Å². The van der Waals surface area contributed by atoms with Crippen molar-refractivity contribution in [1.29, 1.82) is 0 Å². The van der Waals surface area contributed by atoms with Crippen molar-refractivity contribution in [2.24, 2.45) is 5.92 Å². The van der Waals surface area contributed by atoms with Gasteiger partial charge in [-0.2, -0.15) is 0 Å². The van der Waals surface area contributed by atoms with Gasteiger partial charge in [-0.05, 0) is 47.6 Å². The van der Waals surface area contributed by atoms with E-state index in [1.54, 1.807) is 22.6 Å². The van der Waals surface area contributed by atoms with E-state index < -0.39 is 23.2 Å². The minimum atomic E-state index is -2.99. The first-order valence-electron chi connectivity index (χ1n) is 4.36. The van der Waals surface area contributed by atoms with Crippen LogP contribution in [-0.2, 0) is 5.92 Å². The summed E-state index contributed by atoms with van der Waals surface area (Å²) in [6, 6.07) is 4.13. The van der Waals surface area contributed by atoms with Gasteiger partial charge in [-0.1, -0.05) is 6.07 Å². The maximum Gasteiger partial charge on any atom is 0.278 e. The van der Waals surface area contributed by atoms with Gasteiger partial charge in [0.1, 0.15) is 5.82 Å². The fraction of sp³-hybridized carbons (Fsp3) is 0.400. The van der Waals surface area contributed by atoms with E-state index in [0.29, 0.717) is 12.8 Å². The van der Waals surface area contributed by atoms with Crippen molar-refractivity contribution in [2.45, 2.75) is 18.8 Å². The van der Waals surface area contributed by atoms with E-state index in [1.807, 2.05) is 0 Å². The molecule has 1 saturated carbocycles. The maximum absolute atomic E-state index is 13.5. The molecule has 1 aromatic carbocycles. The topological polar surface area (TPSA) is 0 Å². The number of benzene rings is 1. The average molecular weight is 312 g/mol. The second-order valence-corrected chi connectivity index (χ2v) is 4.66. The maximum atomic E-state index is 13.5. The molecule has 76 valence electrons. The number of rotatable bonds is 2. The fourth-order valence-corrected chi connectivity index (χ4v) is 1.93. The number of hydrogen-bond acceptors (Lipinski definition) is 0. The van der Waals surface area contributed by atoms with Crippen LogP contribution in [0.2, 0.25) is 0 Å². The minimum Gasteiger partial charge on any atom is -0.205 e. The Kier molecular flexibility index (Phi) is 2.49. The van der Waals surface area contributed by atoms with E-state index in [1.165, 1.54) is 18.2 Å². The molecule has 1 aromatic rings. The normalized spacial score (nSPS) is 17.1. The summed E-state index contributed by atoms with van der Waals surface area (Å²) in [5.74, 6) is -4.43. The third-order valence-electron chi connectivity index (χ3n) is 2.40. The highest BCUT2D eigenvalue weighted by atomic mass is 127. The third-order valence-corrected chi connectivity index (χ3v) is 3.23. The molecular formula is C10H8F3I. The van der Waals surface area contributed by atoms with E-state index in [0.717, 1.165) is 0 Å². The van der Waals surface area contributed by atoms with E-state index in [2.05, 4.69) is 0 Å². The molecule has 0 N–H and O–H groups in total. The summed E-state index contributed by atoms with van der Waals surface area (Å²) >= 11 is 1.73. The van der Waals surface area contributed by atoms with Crippen LogP contribution in [0.4, 0.5) is 13.2 Å². The zero-order valence-electron chi connectivity index (χ0n) is 7.24. The van der Waals surface area contributed by atoms with Gasteiger partial charge in [0.2, 0.25) is 0 Å². The Morgan fingerprint density at radius 1 is 1.29 bits per heavy atom. The molecule has 2 rings (SSSR count). The van der Waals surface area contributed by atoms with Crippen LogP contribution in [0, 0.1) is 15.3 Å². The number of halogens is 4. The molecule has 0 atom stereocenters. The first-order chi connectivity index (χ1) is 6.53. The lowest BCUT2D eigenvalue weighted by Crippen LogP contribution is -2.18. The van der Waals surface area contributed by atoms with Crippen molar-refractivity contribution in [3.8, 4) is 0 Å². The highest BCUT2D eigenvalue weighted by molar-refractivity contribution is 14.1. The lowest BCUT2D eigenvalue weighted by Gasteiger charge is -2.16. The van der Waals surface area contributed by atoms with Gasteiger partial charge in [-0.3, -0.25) is 0 Å². The third kappa shape index (κ3) is 1.64. The Balaban J connectivity index is 2.44. The molecule has 0 radical (unpaired) electrons. The molecule has 0 unspecified atom stereocenters. The second-order valence-electron chi connectivity index (χ2n) is 3.50. The van der Waals surface area contributed by atoms with Crippen LogP contribution in [0.5, 0.6) is 0 Å². The summed E-state index contributed by atoms with van der Waals surface area (Å²) in [5.41, 5.74) is -0.452. The molecule has 0 spiro atoms. The first-order valence-corrected chi connectivity index (χ1v) is 5.43. The van der Waals surface area contributed by atoms with Gasteiger partial charge in [0.15, 0.2) is 0 Å². The number of alkyl halides is 2. The Hall–Kier alpha value is -0.260. The quantitative estimate of drug-likeness (QED) is 0.726. The van der Waals surface area contributed by atoms with Gasteiger partial charge < -0.3 is 0 Å². The molecule has 1 fully saturated rings. The lowest BCUT2D eigenvalue weighted by molar-refractivity contribution is -0.0319. The molecule has 0 aromatic heterocycles. The predicted octanol–water partition coefficient (Wildman–Crippen LogP) is 3.93. The summed E-state index contributed by atoms with van der Waals surface area (Å²) in [6.45, 7) is 0. The van der Waals surface area contributed by atoms with Crippen molar-refractivity contribution in [3.63, 3.8) is 0 Å². The second kappa shape index (κ2) is 3.40. The Morgan fingerprint density at radius 3 is 2.50 bits per heavy atom. The van der Waals surface area contributed by atoms with Crippen LogP contribution < -0.4 is 0 Å². The lowest BCUT2D eigenvalue weighted by atomic mass is 10.0. The molecule has 0 amide bonds. The van der Waals surface area contributed by atoms with E-state index in [4.69, 9.17) is 0 Å². The van der Waals surface area contributed by atoms with Crippen molar-refractivity contribution in [2.75, 3.05) is 0 Å². The standard InChI is InChI=1S/C10H8F3I/c11-9-7(2-1-3-8(9)14)10(12,13)6-4-5-6/h1-3,6H,4-5H2. The highest BCUT2D eigenvalue weighted by Crippen LogP contribution is 2.50. The summed E-state index contributed by atoms with van der Waals surface area (Å²) in [6.07, 6.45) is 0.996. The fourth-order valence-electron chi connectivity index (χ4n) is 1.43. The summed E-state index contributed by atoms with van der Waals surface area (Å²) in [5, 5.41) is 0. The van der Waals surface area contributed by atoms with Crippen molar-refractivity contribution >= 4 is 22.6 Å². The molecule has 0 bridgehead atoms. The molecule has 0 saturated heterocycles. The molecule has 0 nitrogen and oxygen atoms in total. The van der Waals surface area contributed by atoms with Crippen molar-refractivity contribution in [1.82, 2.24) is 0 Å². The van der Waals surface area contributed by atoms with Gasteiger partial charge in [0.05, 0.1) is 5.56 Å². The molecule has 4 heteroatoms. The van der Waals surface area contributed by atoms with Crippen molar-refractivity contribution < 1.29 is 13.2 Å². The Morgan fingerprint density at radius 2 is 1.93 bits per heavy atom. The van der Waals surface area contributed by atoms with E-state index in [-0.39, 0.29) is 3.57 Å². The minimum absolute atomic E-state index is 0.250. The zero-order valence-corrected chi connectivity index (χ0v) is 9.39. The van der Waals surface area contributed by atoms with Crippen LogP contribution in [0.3, 0.4) is 0 Å². The van der Waals surface area contributed by atoms with Crippen LogP contribution in [0.25, 0.3) is 0 Å². The first kappa shape index (κ1) is 10.3. The number of hydrogen-bond donors (Lipinski definition) is 0. The monoisotopic (exact) mass is 312 g/mol. The van der Waals surface area contributed by atoms with Gasteiger partial charge in [-0.15, -0.1) is 0 Å². The van der Waals surface area contributed by atoms with E-state index in [9.17, 15) is 13.2 Å². The average Bonchev–Trinajstić information content (AvgIpc) is 2.92.